The fraction of sp³-hybridized carbons (Fsp3) is 0.417. The summed E-state index contributed by atoms with van der Waals surface area (Å²) in [5.41, 5.74) is 1.07. The van der Waals surface area contributed by atoms with Crippen molar-refractivity contribution in [1.82, 2.24) is 15.2 Å². The molecule has 2 bridgehead atoms. The number of hydrogen-bond acceptors (Lipinski definition) is 9. The molecule has 3 atom stereocenters. The zero-order valence-corrected chi connectivity index (χ0v) is 20.9. The molecule has 0 unspecified atom stereocenters. The third-order valence-corrected chi connectivity index (χ3v) is 7.98. The molecule has 0 radical (unpaired) electrons. The summed E-state index contributed by atoms with van der Waals surface area (Å²) in [6, 6.07) is 3.20. The average Bonchev–Trinajstić information content (AvgIpc) is 3.40. The summed E-state index contributed by atoms with van der Waals surface area (Å²) in [5, 5.41) is 15.1. The molecule has 3 aliphatic rings. The Hall–Kier alpha value is -2.86. The van der Waals surface area contributed by atoms with Gasteiger partial charge < -0.3 is 19.9 Å². The minimum Gasteiger partial charge on any atom is -0.481 e. The zero-order chi connectivity index (χ0) is 25.4. The molecular weight excluding hydrogens is 511 g/mol. The number of thiazole rings is 1. The third-order valence-electron chi connectivity index (χ3n) is 6.80. The fourth-order valence-corrected chi connectivity index (χ4v) is 5.93. The first-order chi connectivity index (χ1) is 17.4. The summed E-state index contributed by atoms with van der Waals surface area (Å²) in [5.74, 6) is -2.06. The van der Waals surface area contributed by atoms with Gasteiger partial charge in [-0.3, -0.25) is 14.7 Å². The van der Waals surface area contributed by atoms with Crippen molar-refractivity contribution in [2.75, 3.05) is 26.9 Å². The van der Waals surface area contributed by atoms with Crippen LogP contribution in [0.2, 0.25) is 5.02 Å². The van der Waals surface area contributed by atoms with Crippen molar-refractivity contribution in [2.45, 2.75) is 31.0 Å². The van der Waals surface area contributed by atoms with Gasteiger partial charge in [-0.15, -0.1) is 11.3 Å². The van der Waals surface area contributed by atoms with Crippen LogP contribution in [0.1, 0.15) is 29.5 Å². The van der Waals surface area contributed by atoms with E-state index in [1.165, 1.54) is 30.6 Å². The number of piperidine rings is 1. The van der Waals surface area contributed by atoms with Crippen molar-refractivity contribution in [1.29, 1.82) is 0 Å². The Bertz CT molecular complexity index is 1220. The second kappa shape index (κ2) is 10.3. The van der Waals surface area contributed by atoms with Gasteiger partial charge in [-0.2, -0.15) is 0 Å². The van der Waals surface area contributed by atoms with Gasteiger partial charge in [0.15, 0.2) is 10.8 Å². The number of benzene rings is 1. The standard InChI is InChI=1S/C24H24ClFN4O5S/c1-34-24(33)18-17(9-30-13-7-12(23(31)32)8-14(30)11-35-10-13)28-21(22-27-5-6-36-22)29-20(18)15-3-2-4-16(26)19(15)25/h2-6,12-14,20H,7-11H2,1H3,(H,28,29)(H,31,32)/t13-,14-,20-/m0/s1. The number of esters is 1. The van der Waals surface area contributed by atoms with Crippen LogP contribution in [0.15, 0.2) is 46.0 Å². The number of carbonyl (C=O) groups excluding carboxylic acids is 1. The molecule has 1 aromatic heterocycles. The summed E-state index contributed by atoms with van der Waals surface area (Å²) < 4.78 is 25.3. The topological polar surface area (TPSA) is 113 Å². The Labute approximate surface area is 215 Å². The predicted octanol–water partition coefficient (Wildman–Crippen LogP) is 3.02. The van der Waals surface area contributed by atoms with Gasteiger partial charge in [0.1, 0.15) is 11.9 Å². The number of halogens is 2. The molecule has 0 amide bonds. The van der Waals surface area contributed by atoms with Crippen molar-refractivity contribution in [2.24, 2.45) is 10.9 Å². The Kier molecular flexibility index (Phi) is 7.07. The molecule has 0 saturated carbocycles. The van der Waals surface area contributed by atoms with E-state index in [1.807, 2.05) is 0 Å². The van der Waals surface area contributed by atoms with Crippen LogP contribution >= 0.6 is 22.9 Å². The molecule has 5 rings (SSSR count). The lowest BCUT2D eigenvalue weighted by molar-refractivity contribution is -0.150. The summed E-state index contributed by atoms with van der Waals surface area (Å²) in [7, 11) is 1.28. The average molecular weight is 535 g/mol. The molecule has 190 valence electrons. The molecule has 1 aromatic carbocycles. The first kappa shape index (κ1) is 24.8. The molecular formula is C24H24ClFN4O5S. The van der Waals surface area contributed by atoms with Crippen LogP contribution in [0.4, 0.5) is 4.39 Å². The highest BCUT2D eigenvalue weighted by Gasteiger charge is 2.43. The van der Waals surface area contributed by atoms with Gasteiger partial charge in [0.25, 0.3) is 0 Å². The first-order valence-electron chi connectivity index (χ1n) is 11.4. The number of carbonyl (C=O) groups is 2. The predicted molar refractivity (Wildman–Crippen MR) is 130 cm³/mol. The molecule has 2 aromatic rings. The molecule has 36 heavy (non-hydrogen) atoms. The van der Waals surface area contributed by atoms with Gasteiger partial charge in [0.05, 0.1) is 36.8 Å². The molecule has 2 fully saturated rings. The van der Waals surface area contributed by atoms with Crippen LogP contribution in [0.3, 0.4) is 0 Å². The van der Waals surface area contributed by atoms with Gasteiger partial charge in [-0.05, 0) is 18.9 Å². The number of nitrogens with zero attached hydrogens (tertiary/aromatic N) is 3. The number of amidine groups is 1. The smallest absolute Gasteiger partial charge is 0.338 e. The maximum atomic E-state index is 14.4. The number of ether oxygens (including phenoxy) is 2. The SMILES string of the molecule is COC(=O)C1=C(CN2[C@@H]3COC[C@@H]2CC(C(=O)O)C3)NC(c2nccs2)=N[C@H]1c1cccc(F)c1Cl. The van der Waals surface area contributed by atoms with Crippen LogP contribution < -0.4 is 5.32 Å². The maximum absolute atomic E-state index is 14.4. The van der Waals surface area contributed by atoms with Gasteiger partial charge in [0, 0.05) is 41.5 Å². The second-order valence-corrected chi connectivity index (χ2v) is 10.2. The third kappa shape index (κ3) is 4.63. The quantitative estimate of drug-likeness (QED) is 0.544. The van der Waals surface area contributed by atoms with Crippen LogP contribution in [-0.4, -0.2) is 71.7 Å². The largest absolute Gasteiger partial charge is 0.481 e. The summed E-state index contributed by atoms with van der Waals surface area (Å²) in [4.78, 5) is 36.0. The number of morpholine rings is 1. The number of fused-ring (bicyclic) bond motifs is 2. The zero-order valence-electron chi connectivity index (χ0n) is 19.3. The normalized spacial score (nSPS) is 26.2. The Balaban J connectivity index is 1.58. The van der Waals surface area contributed by atoms with Crippen molar-refractivity contribution in [3.8, 4) is 0 Å². The Morgan fingerprint density at radius 1 is 1.33 bits per heavy atom. The van der Waals surface area contributed by atoms with E-state index >= 15 is 0 Å². The second-order valence-electron chi connectivity index (χ2n) is 8.89. The summed E-state index contributed by atoms with van der Waals surface area (Å²) in [6.45, 7) is 1.09. The number of hydrogen-bond donors (Lipinski definition) is 2. The van der Waals surface area contributed by atoms with E-state index in [9.17, 15) is 19.1 Å². The van der Waals surface area contributed by atoms with Crippen molar-refractivity contribution >= 4 is 40.7 Å². The highest BCUT2D eigenvalue weighted by molar-refractivity contribution is 7.11. The summed E-state index contributed by atoms with van der Waals surface area (Å²) >= 11 is 7.71. The Morgan fingerprint density at radius 2 is 2.08 bits per heavy atom. The van der Waals surface area contributed by atoms with Crippen molar-refractivity contribution in [3.05, 3.63) is 62.5 Å². The number of carboxylic acids is 1. The molecule has 0 aliphatic carbocycles. The maximum Gasteiger partial charge on any atom is 0.338 e. The monoisotopic (exact) mass is 534 g/mol. The minimum atomic E-state index is -0.927. The van der Waals surface area contributed by atoms with Gasteiger partial charge >= 0.3 is 11.9 Å². The number of aliphatic carboxylic acids is 1. The highest BCUT2D eigenvalue weighted by atomic mass is 35.5. The van der Waals surface area contributed by atoms with Gasteiger partial charge in [0.2, 0.25) is 0 Å². The summed E-state index contributed by atoms with van der Waals surface area (Å²) in [6.07, 6.45) is 2.53. The number of aromatic nitrogens is 1. The van der Waals surface area contributed by atoms with Crippen LogP contribution in [0.5, 0.6) is 0 Å². The van der Waals surface area contributed by atoms with Crippen molar-refractivity contribution < 1.29 is 28.6 Å². The van der Waals surface area contributed by atoms with Crippen LogP contribution in [0, 0.1) is 11.7 Å². The molecule has 9 nitrogen and oxygen atoms in total. The lowest BCUT2D eigenvalue weighted by atomic mass is 9.84. The minimum absolute atomic E-state index is 0.125. The number of carboxylic acid groups (broad SMARTS) is 1. The van der Waals surface area contributed by atoms with E-state index < -0.39 is 29.7 Å². The van der Waals surface area contributed by atoms with E-state index in [2.05, 4.69) is 15.2 Å². The van der Waals surface area contributed by atoms with Gasteiger partial charge in [-0.25, -0.2) is 14.2 Å². The van der Waals surface area contributed by atoms with E-state index in [0.29, 0.717) is 54.7 Å². The van der Waals surface area contributed by atoms with Crippen LogP contribution in [-0.2, 0) is 19.1 Å². The first-order valence-corrected chi connectivity index (χ1v) is 12.7. The highest BCUT2D eigenvalue weighted by Crippen LogP contribution is 2.39. The van der Waals surface area contributed by atoms with Gasteiger partial charge in [-0.1, -0.05) is 23.7 Å². The Morgan fingerprint density at radius 3 is 2.72 bits per heavy atom. The molecule has 12 heteroatoms. The fourth-order valence-electron chi connectivity index (χ4n) is 5.11. The number of aliphatic imine (C=N–C) groups is 1. The van der Waals surface area contributed by atoms with E-state index in [4.69, 9.17) is 26.1 Å². The lowest BCUT2D eigenvalue weighted by Crippen LogP contribution is -2.59. The number of methoxy groups -OCH3 is 1. The van der Waals surface area contributed by atoms with E-state index in [1.54, 1.807) is 17.6 Å². The van der Waals surface area contributed by atoms with Crippen molar-refractivity contribution in [3.63, 3.8) is 0 Å². The lowest BCUT2D eigenvalue weighted by Gasteiger charge is -2.48. The molecule has 2 saturated heterocycles. The molecule has 3 aliphatic heterocycles. The molecule has 0 spiro atoms. The van der Waals surface area contributed by atoms with E-state index in [0.717, 1.165) is 0 Å². The number of nitrogens with one attached hydrogen (secondary N) is 1. The van der Waals surface area contributed by atoms with E-state index in [-0.39, 0.29) is 22.7 Å². The molecule has 2 N–H and O–H groups in total. The number of rotatable bonds is 6. The van der Waals surface area contributed by atoms with Crippen LogP contribution in [0.25, 0.3) is 0 Å². The molecule has 4 heterocycles.